The summed E-state index contributed by atoms with van der Waals surface area (Å²) in [6, 6.07) is 0.336. The predicted octanol–water partition coefficient (Wildman–Crippen LogP) is 1.71. The van der Waals surface area contributed by atoms with Gasteiger partial charge in [-0.05, 0) is 31.7 Å². The SMILES string of the molecule is Cc1nn(C)cc1C(CN)N1CCC(C(C)C)C1. The summed E-state index contributed by atoms with van der Waals surface area (Å²) in [5.74, 6) is 1.58. The van der Waals surface area contributed by atoms with Gasteiger partial charge in [-0.15, -0.1) is 0 Å². The van der Waals surface area contributed by atoms with Gasteiger partial charge < -0.3 is 5.73 Å². The molecule has 102 valence electrons. The van der Waals surface area contributed by atoms with Crippen LogP contribution in [0, 0.1) is 18.8 Å². The lowest BCUT2D eigenvalue weighted by Crippen LogP contribution is -2.32. The highest BCUT2D eigenvalue weighted by Crippen LogP contribution is 2.31. The van der Waals surface area contributed by atoms with Gasteiger partial charge in [-0.25, -0.2) is 0 Å². The third-order valence-electron chi connectivity index (χ3n) is 4.27. The van der Waals surface area contributed by atoms with Crippen LogP contribution < -0.4 is 5.73 Å². The van der Waals surface area contributed by atoms with E-state index in [1.54, 1.807) is 0 Å². The Balaban J connectivity index is 2.13. The Morgan fingerprint density at radius 2 is 2.22 bits per heavy atom. The number of aromatic nitrogens is 2. The molecule has 1 fully saturated rings. The van der Waals surface area contributed by atoms with Crippen molar-refractivity contribution in [3.63, 3.8) is 0 Å². The molecule has 0 bridgehead atoms. The van der Waals surface area contributed by atoms with E-state index >= 15 is 0 Å². The van der Waals surface area contributed by atoms with E-state index in [-0.39, 0.29) is 0 Å². The summed E-state index contributed by atoms with van der Waals surface area (Å²) in [4.78, 5) is 2.54. The second-order valence-corrected chi connectivity index (χ2v) is 5.88. The number of likely N-dealkylation sites (tertiary alicyclic amines) is 1. The molecule has 2 rings (SSSR count). The molecule has 18 heavy (non-hydrogen) atoms. The molecule has 2 atom stereocenters. The van der Waals surface area contributed by atoms with E-state index in [0.717, 1.165) is 17.5 Å². The van der Waals surface area contributed by atoms with E-state index in [0.29, 0.717) is 12.6 Å². The number of hydrogen-bond donors (Lipinski definition) is 1. The fourth-order valence-corrected chi connectivity index (χ4v) is 3.06. The Labute approximate surface area is 110 Å². The largest absolute Gasteiger partial charge is 0.329 e. The summed E-state index contributed by atoms with van der Waals surface area (Å²) >= 11 is 0. The molecule has 1 aliphatic rings. The molecule has 1 aromatic heterocycles. The molecule has 0 aromatic carbocycles. The van der Waals surface area contributed by atoms with Gasteiger partial charge in [0, 0.05) is 31.9 Å². The average molecular weight is 250 g/mol. The number of hydrogen-bond acceptors (Lipinski definition) is 3. The third kappa shape index (κ3) is 2.59. The molecule has 0 saturated carbocycles. The van der Waals surface area contributed by atoms with E-state index in [1.165, 1.54) is 25.1 Å². The summed E-state index contributed by atoms with van der Waals surface area (Å²) in [6.45, 7) is 9.74. The summed E-state index contributed by atoms with van der Waals surface area (Å²) < 4.78 is 1.89. The van der Waals surface area contributed by atoms with Gasteiger partial charge in [0.15, 0.2) is 0 Å². The smallest absolute Gasteiger partial charge is 0.0641 e. The molecule has 2 heterocycles. The number of nitrogens with two attached hydrogens (primary N) is 1. The van der Waals surface area contributed by atoms with Gasteiger partial charge in [-0.3, -0.25) is 9.58 Å². The molecule has 2 N–H and O–H groups in total. The van der Waals surface area contributed by atoms with Crippen molar-refractivity contribution in [1.29, 1.82) is 0 Å². The molecule has 4 heteroatoms. The molecular weight excluding hydrogens is 224 g/mol. The molecule has 0 aliphatic carbocycles. The van der Waals surface area contributed by atoms with Gasteiger partial charge in [0.2, 0.25) is 0 Å². The van der Waals surface area contributed by atoms with Crippen LogP contribution in [0.3, 0.4) is 0 Å². The molecule has 2 unspecified atom stereocenters. The monoisotopic (exact) mass is 250 g/mol. The number of aryl methyl sites for hydroxylation is 2. The van der Waals surface area contributed by atoms with Crippen molar-refractivity contribution in [3.8, 4) is 0 Å². The minimum Gasteiger partial charge on any atom is -0.329 e. The number of nitrogens with zero attached hydrogens (tertiary/aromatic N) is 3. The fraction of sp³-hybridized carbons (Fsp3) is 0.786. The maximum Gasteiger partial charge on any atom is 0.0641 e. The van der Waals surface area contributed by atoms with Crippen molar-refractivity contribution in [2.24, 2.45) is 24.6 Å². The third-order valence-corrected chi connectivity index (χ3v) is 4.27. The van der Waals surface area contributed by atoms with Gasteiger partial charge in [-0.1, -0.05) is 13.8 Å². The number of rotatable bonds is 4. The molecule has 0 amide bonds. The lowest BCUT2D eigenvalue weighted by Gasteiger charge is -2.27. The lowest BCUT2D eigenvalue weighted by molar-refractivity contribution is 0.231. The van der Waals surface area contributed by atoms with Crippen molar-refractivity contribution < 1.29 is 0 Å². The van der Waals surface area contributed by atoms with Crippen LogP contribution in [0.1, 0.15) is 37.6 Å². The summed E-state index contributed by atoms with van der Waals surface area (Å²) in [5, 5.41) is 4.44. The van der Waals surface area contributed by atoms with Crippen LogP contribution in [-0.2, 0) is 7.05 Å². The molecule has 0 radical (unpaired) electrons. The Morgan fingerprint density at radius 1 is 1.50 bits per heavy atom. The zero-order valence-electron chi connectivity index (χ0n) is 12.1. The summed E-state index contributed by atoms with van der Waals surface area (Å²) in [6.07, 6.45) is 3.42. The maximum atomic E-state index is 6.01. The predicted molar refractivity (Wildman–Crippen MR) is 74.3 cm³/mol. The maximum absolute atomic E-state index is 6.01. The first kappa shape index (κ1) is 13.6. The van der Waals surface area contributed by atoms with E-state index in [9.17, 15) is 0 Å². The van der Waals surface area contributed by atoms with Gasteiger partial charge in [0.25, 0.3) is 0 Å². The van der Waals surface area contributed by atoms with Crippen LogP contribution >= 0.6 is 0 Å². The van der Waals surface area contributed by atoms with Crippen LogP contribution in [0.4, 0.5) is 0 Å². The van der Waals surface area contributed by atoms with Gasteiger partial charge >= 0.3 is 0 Å². The standard InChI is InChI=1S/C14H26N4/c1-10(2)12-5-6-18(8-12)14(7-15)13-9-17(4)16-11(13)3/h9-10,12,14H,5-8,15H2,1-4H3. The van der Waals surface area contributed by atoms with E-state index in [2.05, 4.69) is 37.0 Å². The molecule has 1 aromatic rings. The zero-order valence-corrected chi connectivity index (χ0v) is 12.1. The Kier molecular flexibility index (Phi) is 4.07. The van der Waals surface area contributed by atoms with E-state index in [4.69, 9.17) is 5.73 Å². The first-order valence-electron chi connectivity index (χ1n) is 6.97. The Bertz CT molecular complexity index is 396. The zero-order chi connectivity index (χ0) is 13.3. The highest BCUT2D eigenvalue weighted by molar-refractivity contribution is 5.21. The normalized spacial score (nSPS) is 22.9. The quantitative estimate of drug-likeness (QED) is 0.885. The Morgan fingerprint density at radius 3 is 2.67 bits per heavy atom. The highest BCUT2D eigenvalue weighted by Gasteiger charge is 2.31. The highest BCUT2D eigenvalue weighted by atomic mass is 15.3. The van der Waals surface area contributed by atoms with Crippen molar-refractivity contribution in [2.75, 3.05) is 19.6 Å². The van der Waals surface area contributed by atoms with Crippen LogP contribution in [0.5, 0.6) is 0 Å². The second kappa shape index (κ2) is 5.41. The molecule has 1 aliphatic heterocycles. The van der Waals surface area contributed by atoms with Gasteiger partial charge in [-0.2, -0.15) is 5.10 Å². The van der Waals surface area contributed by atoms with Gasteiger partial charge in [0.05, 0.1) is 11.7 Å². The van der Waals surface area contributed by atoms with Crippen molar-refractivity contribution >= 4 is 0 Å². The lowest BCUT2D eigenvalue weighted by atomic mass is 9.95. The molecular formula is C14H26N4. The Hall–Kier alpha value is -0.870. The molecule has 1 saturated heterocycles. The minimum atomic E-state index is 0.336. The van der Waals surface area contributed by atoms with Crippen LogP contribution in [-0.4, -0.2) is 34.3 Å². The summed E-state index contributed by atoms with van der Waals surface area (Å²) in [7, 11) is 1.98. The van der Waals surface area contributed by atoms with Crippen LogP contribution in [0.2, 0.25) is 0 Å². The second-order valence-electron chi connectivity index (χ2n) is 5.88. The van der Waals surface area contributed by atoms with Crippen molar-refractivity contribution in [1.82, 2.24) is 14.7 Å². The fourth-order valence-electron chi connectivity index (χ4n) is 3.06. The van der Waals surface area contributed by atoms with Crippen LogP contribution in [0.25, 0.3) is 0 Å². The topological polar surface area (TPSA) is 47.1 Å². The average Bonchev–Trinajstić information content (AvgIpc) is 2.88. The molecule has 0 spiro atoms. The molecule has 4 nitrogen and oxygen atoms in total. The van der Waals surface area contributed by atoms with Gasteiger partial charge in [0.1, 0.15) is 0 Å². The van der Waals surface area contributed by atoms with Crippen molar-refractivity contribution in [3.05, 3.63) is 17.5 Å². The van der Waals surface area contributed by atoms with E-state index in [1.807, 2.05) is 11.7 Å². The van der Waals surface area contributed by atoms with Crippen LogP contribution in [0.15, 0.2) is 6.20 Å². The summed E-state index contributed by atoms with van der Waals surface area (Å²) in [5.41, 5.74) is 8.41. The first-order valence-corrected chi connectivity index (χ1v) is 6.97. The minimum absolute atomic E-state index is 0.336. The van der Waals surface area contributed by atoms with E-state index < -0.39 is 0 Å². The first-order chi connectivity index (χ1) is 8.52. The van der Waals surface area contributed by atoms with Crippen molar-refractivity contribution in [2.45, 2.75) is 33.2 Å².